The molecule has 18 heavy (non-hydrogen) atoms. The van der Waals surface area contributed by atoms with E-state index in [1.165, 1.54) is 11.3 Å². The van der Waals surface area contributed by atoms with Crippen LogP contribution in [0.5, 0.6) is 0 Å². The summed E-state index contributed by atoms with van der Waals surface area (Å²) in [5, 5.41) is 0. The van der Waals surface area contributed by atoms with Crippen LogP contribution in [-0.2, 0) is 0 Å². The molecule has 3 rings (SSSR count). The SMILES string of the molecule is CCN1C2=C(C(C)C(C)C=C2)[C@H]2C=C(C)C=CC21. The van der Waals surface area contributed by atoms with Crippen LogP contribution in [0, 0.1) is 17.8 Å². The second-order valence-corrected chi connectivity index (χ2v) is 5.92. The van der Waals surface area contributed by atoms with Crippen molar-refractivity contribution in [3.8, 4) is 0 Å². The maximum absolute atomic E-state index is 2.57. The summed E-state index contributed by atoms with van der Waals surface area (Å²) in [6.07, 6.45) is 11.9. The Morgan fingerprint density at radius 1 is 1.17 bits per heavy atom. The Kier molecular flexibility index (Phi) is 2.73. The molecule has 1 heteroatoms. The highest BCUT2D eigenvalue weighted by Gasteiger charge is 2.41. The van der Waals surface area contributed by atoms with Crippen LogP contribution >= 0.6 is 0 Å². The molecule has 0 bridgehead atoms. The van der Waals surface area contributed by atoms with Crippen molar-refractivity contribution in [2.24, 2.45) is 17.8 Å². The maximum atomic E-state index is 2.57. The van der Waals surface area contributed by atoms with E-state index in [0.717, 1.165) is 6.54 Å². The number of hydrogen-bond donors (Lipinski definition) is 0. The van der Waals surface area contributed by atoms with Gasteiger partial charge in [0.05, 0.1) is 6.04 Å². The Balaban J connectivity index is 2.08. The molecule has 0 saturated heterocycles. The van der Waals surface area contributed by atoms with Gasteiger partial charge in [-0.25, -0.2) is 0 Å². The minimum Gasteiger partial charge on any atom is -0.364 e. The molecule has 0 aromatic carbocycles. The number of likely N-dealkylation sites (N-methyl/N-ethyl adjacent to an activating group) is 1. The van der Waals surface area contributed by atoms with Gasteiger partial charge in [-0.1, -0.05) is 43.7 Å². The van der Waals surface area contributed by atoms with Crippen LogP contribution in [0.4, 0.5) is 0 Å². The minimum atomic E-state index is 0.557. The fourth-order valence-electron chi connectivity index (χ4n) is 3.68. The topological polar surface area (TPSA) is 3.24 Å². The van der Waals surface area contributed by atoms with E-state index >= 15 is 0 Å². The van der Waals surface area contributed by atoms with E-state index in [9.17, 15) is 0 Å². The zero-order valence-electron chi connectivity index (χ0n) is 11.9. The first-order valence-electron chi connectivity index (χ1n) is 7.19. The molecule has 3 unspecified atom stereocenters. The summed E-state index contributed by atoms with van der Waals surface area (Å²) in [5.41, 5.74) is 4.57. The van der Waals surface area contributed by atoms with Crippen LogP contribution in [0.25, 0.3) is 0 Å². The predicted molar refractivity (Wildman–Crippen MR) is 77.0 cm³/mol. The van der Waals surface area contributed by atoms with Gasteiger partial charge < -0.3 is 4.90 Å². The highest BCUT2D eigenvalue weighted by Crippen LogP contribution is 2.46. The molecule has 3 aliphatic rings. The lowest BCUT2D eigenvalue weighted by Crippen LogP contribution is -2.32. The zero-order chi connectivity index (χ0) is 12.9. The molecule has 0 radical (unpaired) electrons. The number of allylic oxidation sites excluding steroid dienone is 4. The molecule has 0 fully saturated rings. The zero-order valence-corrected chi connectivity index (χ0v) is 11.9. The van der Waals surface area contributed by atoms with Gasteiger partial charge in [-0.2, -0.15) is 0 Å². The summed E-state index contributed by atoms with van der Waals surface area (Å²) in [4.78, 5) is 2.57. The summed E-state index contributed by atoms with van der Waals surface area (Å²) in [7, 11) is 0. The second kappa shape index (κ2) is 4.15. The van der Waals surface area contributed by atoms with Crippen LogP contribution < -0.4 is 0 Å². The van der Waals surface area contributed by atoms with Crippen molar-refractivity contribution < 1.29 is 0 Å². The Morgan fingerprint density at radius 3 is 2.67 bits per heavy atom. The summed E-state index contributed by atoms with van der Waals surface area (Å²) in [5.74, 6) is 1.94. The minimum absolute atomic E-state index is 0.557. The van der Waals surface area contributed by atoms with Gasteiger partial charge >= 0.3 is 0 Å². The van der Waals surface area contributed by atoms with Crippen molar-refractivity contribution in [1.29, 1.82) is 0 Å². The van der Waals surface area contributed by atoms with Crippen molar-refractivity contribution in [2.75, 3.05) is 6.54 Å². The summed E-state index contributed by atoms with van der Waals surface area (Å²) in [6, 6.07) is 0.557. The smallest absolute Gasteiger partial charge is 0.0577 e. The van der Waals surface area contributed by atoms with E-state index < -0.39 is 0 Å². The Morgan fingerprint density at radius 2 is 1.94 bits per heavy atom. The summed E-state index contributed by atoms with van der Waals surface area (Å²) < 4.78 is 0. The van der Waals surface area contributed by atoms with Crippen LogP contribution in [-0.4, -0.2) is 17.5 Å². The normalized spacial score (nSPS) is 37.8. The Bertz CT molecular complexity index is 478. The summed E-state index contributed by atoms with van der Waals surface area (Å²) in [6.45, 7) is 10.3. The third-order valence-corrected chi connectivity index (χ3v) is 4.87. The molecule has 4 atom stereocenters. The largest absolute Gasteiger partial charge is 0.364 e. The number of fused-ring (bicyclic) bond motifs is 2. The van der Waals surface area contributed by atoms with E-state index in [1.807, 2.05) is 0 Å². The average molecular weight is 241 g/mol. The fraction of sp³-hybridized carbons (Fsp3) is 0.529. The van der Waals surface area contributed by atoms with Gasteiger partial charge in [0.2, 0.25) is 0 Å². The third-order valence-electron chi connectivity index (χ3n) is 4.87. The van der Waals surface area contributed by atoms with E-state index in [0.29, 0.717) is 23.8 Å². The van der Waals surface area contributed by atoms with Gasteiger partial charge in [-0.05, 0) is 37.3 Å². The van der Waals surface area contributed by atoms with Crippen molar-refractivity contribution in [3.63, 3.8) is 0 Å². The van der Waals surface area contributed by atoms with Crippen LogP contribution in [0.3, 0.4) is 0 Å². The van der Waals surface area contributed by atoms with E-state index in [-0.39, 0.29) is 0 Å². The Labute approximate surface area is 111 Å². The van der Waals surface area contributed by atoms with Crippen molar-refractivity contribution >= 4 is 0 Å². The number of hydrogen-bond acceptors (Lipinski definition) is 1. The Hall–Kier alpha value is -1.24. The number of nitrogens with zero attached hydrogens (tertiary/aromatic N) is 1. The number of rotatable bonds is 1. The fourth-order valence-corrected chi connectivity index (χ4v) is 3.68. The molecule has 0 amide bonds. The van der Waals surface area contributed by atoms with Crippen molar-refractivity contribution in [3.05, 3.63) is 47.2 Å². The van der Waals surface area contributed by atoms with E-state index in [1.54, 1.807) is 5.57 Å². The predicted octanol–water partition coefficient (Wildman–Crippen LogP) is 3.92. The lowest BCUT2D eigenvalue weighted by atomic mass is 9.76. The highest BCUT2D eigenvalue weighted by molar-refractivity contribution is 5.46. The second-order valence-electron chi connectivity index (χ2n) is 5.92. The standard InChI is InChI=1S/C17H23N/c1-5-18-15-8-6-11(2)10-14(15)17-13(4)12(3)7-9-16(17)18/h6-10,12-15H,5H2,1-4H3/t12?,13?,14-,15?/m0/s1. The molecular formula is C17H23N. The molecular weight excluding hydrogens is 218 g/mol. The maximum Gasteiger partial charge on any atom is 0.0577 e. The van der Waals surface area contributed by atoms with Gasteiger partial charge in [0.25, 0.3) is 0 Å². The monoisotopic (exact) mass is 241 g/mol. The van der Waals surface area contributed by atoms with Gasteiger partial charge in [0.1, 0.15) is 0 Å². The molecule has 2 aliphatic carbocycles. The molecule has 1 aliphatic heterocycles. The van der Waals surface area contributed by atoms with Crippen LogP contribution in [0.2, 0.25) is 0 Å². The summed E-state index contributed by atoms with van der Waals surface area (Å²) >= 11 is 0. The van der Waals surface area contributed by atoms with Crippen LogP contribution in [0.1, 0.15) is 27.7 Å². The quantitative estimate of drug-likeness (QED) is 0.672. The van der Waals surface area contributed by atoms with Gasteiger partial charge in [-0.15, -0.1) is 0 Å². The molecule has 0 spiro atoms. The molecule has 96 valence electrons. The van der Waals surface area contributed by atoms with E-state index in [4.69, 9.17) is 0 Å². The highest BCUT2D eigenvalue weighted by atomic mass is 15.2. The van der Waals surface area contributed by atoms with Crippen LogP contribution in [0.15, 0.2) is 47.2 Å². The average Bonchev–Trinajstić information content (AvgIpc) is 2.67. The lowest BCUT2D eigenvalue weighted by Gasteiger charge is -2.29. The lowest BCUT2D eigenvalue weighted by molar-refractivity contribution is 0.316. The molecule has 0 aromatic rings. The van der Waals surface area contributed by atoms with E-state index in [2.05, 4.69) is 63.0 Å². The molecule has 1 heterocycles. The molecule has 0 saturated carbocycles. The van der Waals surface area contributed by atoms with Crippen molar-refractivity contribution in [1.82, 2.24) is 4.90 Å². The molecule has 0 aromatic heterocycles. The van der Waals surface area contributed by atoms with Crippen molar-refractivity contribution in [2.45, 2.75) is 33.7 Å². The molecule has 1 nitrogen and oxygen atoms in total. The first-order chi connectivity index (χ1) is 8.63. The van der Waals surface area contributed by atoms with Gasteiger partial charge in [0.15, 0.2) is 0 Å². The molecule has 0 N–H and O–H groups in total. The first kappa shape index (κ1) is 11.8. The van der Waals surface area contributed by atoms with Gasteiger partial charge in [-0.3, -0.25) is 0 Å². The van der Waals surface area contributed by atoms with Gasteiger partial charge in [0, 0.05) is 18.2 Å². The third kappa shape index (κ3) is 1.53. The first-order valence-corrected chi connectivity index (χ1v) is 7.19.